The lowest BCUT2D eigenvalue weighted by Crippen LogP contribution is -2.16. The van der Waals surface area contributed by atoms with Crippen molar-refractivity contribution in [2.75, 3.05) is 13.2 Å². The van der Waals surface area contributed by atoms with Crippen LogP contribution in [0.25, 0.3) is 0 Å². The van der Waals surface area contributed by atoms with Crippen LogP contribution < -0.4 is 0 Å². The molecule has 1 rings (SSSR count). The summed E-state index contributed by atoms with van der Waals surface area (Å²) in [6, 6.07) is 3.21. The Labute approximate surface area is 267 Å². The Hall–Kier alpha value is -2.45. The number of rotatable bonds is 27. The molecule has 0 atom stereocenters. The fraction of sp³-hybridized carbons (Fsp3) is 0.667. The van der Waals surface area contributed by atoms with Crippen LogP contribution in [0.5, 0.6) is 0 Å². The average Bonchev–Trinajstić information content (AvgIpc) is 3.00. The molecule has 0 unspecified atom stereocenters. The first-order valence-electron chi connectivity index (χ1n) is 17.1. The first-order chi connectivity index (χ1) is 21.3. The summed E-state index contributed by atoms with van der Waals surface area (Å²) in [6.07, 6.45) is 31.2. The third-order valence-electron chi connectivity index (χ3n) is 7.51. The normalized spacial score (nSPS) is 11.9. The standard InChI is InChI=1S/C36H58O7S/c1-3-5-7-9-11-13-15-17-19-21-23-25-29-42-35(37)33-28-27-32(44(39,40)41)31-34(33)36(38)43-30-26-24-22-20-18-16-14-12-10-8-6-4-2/h19-22,27-28,31H,3-18,23-26,29-30H2,1-2H3,(H,39,40,41)/b21-19+,22-20+. The fourth-order valence-corrected chi connectivity index (χ4v) is 5.34. The molecule has 0 aliphatic rings. The van der Waals surface area contributed by atoms with Gasteiger partial charge >= 0.3 is 11.9 Å². The summed E-state index contributed by atoms with van der Waals surface area (Å²) in [5.41, 5.74) is -0.333. The lowest BCUT2D eigenvalue weighted by Gasteiger charge is -2.11. The Morgan fingerprint density at radius 3 is 1.41 bits per heavy atom. The van der Waals surface area contributed by atoms with Crippen LogP contribution in [0.3, 0.4) is 0 Å². The van der Waals surface area contributed by atoms with Crippen LogP contribution in [0.2, 0.25) is 0 Å². The van der Waals surface area contributed by atoms with Gasteiger partial charge in [-0.2, -0.15) is 8.42 Å². The van der Waals surface area contributed by atoms with Crippen molar-refractivity contribution < 1.29 is 32.0 Å². The molecule has 1 aromatic rings. The summed E-state index contributed by atoms with van der Waals surface area (Å²) < 4.78 is 43.5. The lowest BCUT2D eigenvalue weighted by molar-refractivity contribution is 0.0453. The van der Waals surface area contributed by atoms with E-state index in [2.05, 4.69) is 38.2 Å². The van der Waals surface area contributed by atoms with Crippen molar-refractivity contribution in [2.24, 2.45) is 0 Å². The minimum absolute atomic E-state index is 0.0912. The largest absolute Gasteiger partial charge is 0.462 e. The van der Waals surface area contributed by atoms with Crippen molar-refractivity contribution in [1.82, 2.24) is 0 Å². The second-order valence-corrected chi connectivity index (χ2v) is 12.9. The monoisotopic (exact) mass is 634 g/mol. The van der Waals surface area contributed by atoms with Gasteiger partial charge in [-0.25, -0.2) is 9.59 Å². The molecule has 0 aliphatic carbocycles. The molecule has 0 heterocycles. The topological polar surface area (TPSA) is 107 Å². The van der Waals surface area contributed by atoms with E-state index in [0.29, 0.717) is 12.8 Å². The Kier molecular flexibility index (Phi) is 23.2. The van der Waals surface area contributed by atoms with Gasteiger partial charge in [-0.1, -0.05) is 115 Å². The van der Waals surface area contributed by atoms with E-state index in [0.717, 1.165) is 37.8 Å². The number of carbonyl (C=O) groups is 2. The molecular weight excluding hydrogens is 576 g/mol. The summed E-state index contributed by atoms with van der Waals surface area (Å²) in [4.78, 5) is 25.1. The van der Waals surface area contributed by atoms with E-state index in [1.54, 1.807) is 0 Å². The van der Waals surface area contributed by atoms with Crippen LogP contribution in [-0.2, 0) is 19.6 Å². The molecule has 0 saturated carbocycles. The molecule has 0 saturated heterocycles. The van der Waals surface area contributed by atoms with Crippen molar-refractivity contribution in [3.05, 3.63) is 53.6 Å². The quantitative estimate of drug-likeness (QED) is 0.0444. The lowest BCUT2D eigenvalue weighted by atomic mass is 10.1. The first kappa shape index (κ1) is 39.6. The molecule has 1 N–H and O–H groups in total. The molecular formula is C36H58O7S. The molecule has 0 bridgehead atoms. The second kappa shape index (κ2) is 25.8. The van der Waals surface area contributed by atoms with Gasteiger partial charge in [-0.05, 0) is 69.6 Å². The number of ether oxygens (including phenoxy) is 2. The highest BCUT2D eigenvalue weighted by atomic mass is 32.2. The number of benzene rings is 1. The molecule has 0 aliphatic heterocycles. The van der Waals surface area contributed by atoms with E-state index >= 15 is 0 Å². The van der Waals surface area contributed by atoms with Crippen molar-refractivity contribution >= 4 is 22.1 Å². The zero-order valence-corrected chi connectivity index (χ0v) is 28.2. The fourth-order valence-electron chi connectivity index (χ4n) is 4.83. The van der Waals surface area contributed by atoms with Gasteiger partial charge in [0.25, 0.3) is 10.1 Å². The highest BCUT2D eigenvalue weighted by molar-refractivity contribution is 7.85. The number of allylic oxidation sites excluding steroid dienone is 4. The van der Waals surface area contributed by atoms with Gasteiger partial charge in [0, 0.05) is 0 Å². The van der Waals surface area contributed by atoms with Crippen LogP contribution in [0.1, 0.15) is 163 Å². The number of unbranched alkanes of at least 4 members (excludes halogenated alkanes) is 16. The van der Waals surface area contributed by atoms with Gasteiger partial charge in [0.1, 0.15) is 0 Å². The van der Waals surface area contributed by atoms with Crippen LogP contribution >= 0.6 is 0 Å². The van der Waals surface area contributed by atoms with E-state index in [1.807, 2.05) is 0 Å². The summed E-state index contributed by atoms with van der Waals surface area (Å²) >= 11 is 0. The summed E-state index contributed by atoms with van der Waals surface area (Å²) in [7, 11) is -4.57. The van der Waals surface area contributed by atoms with Crippen molar-refractivity contribution in [3.63, 3.8) is 0 Å². The van der Waals surface area contributed by atoms with E-state index in [9.17, 15) is 22.6 Å². The van der Waals surface area contributed by atoms with Gasteiger partial charge in [0.05, 0.1) is 29.2 Å². The van der Waals surface area contributed by atoms with Gasteiger partial charge in [0.15, 0.2) is 0 Å². The Bertz CT molecular complexity index is 1080. The molecule has 0 spiro atoms. The zero-order valence-electron chi connectivity index (χ0n) is 27.4. The number of hydrogen-bond acceptors (Lipinski definition) is 6. The Morgan fingerprint density at radius 1 is 0.591 bits per heavy atom. The molecule has 7 nitrogen and oxygen atoms in total. The minimum Gasteiger partial charge on any atom is -0.462 e. The van der Waals surface area contributed by atoms with E-state index < -0.39 is 27.0 Å². The second-order valence-electron chi connectivity index (χ2n) is 11.5. The number of hydrogen-bond donors (Lipinski definition) is 1. The molecule has 44 heavy (non-hydrogen) atoms. The predicted molar refractivity (Wildman–Crippen MR) is 179 cm³/mol. The van der Waals surface area contributed by atoms with E-state index in [-0.39, 0.29) is 24.3 Å². The third-order valence-corrected chi connectivity index (χ3v) is 8.36. The highest BCUT2D eigenvalue weighted by Gasteiger charge is 2.23. The molecule has 0 fully saturated rings. The Morgan fingerprint density at radius 2 is 0.977 bits per heavy atom. The van der Waals surface area contributed by atoms with Gasteiger partial charge in [-0.3, -0.25) is 4.55 Å². The maximum atomic E-state index is 12.8. The predicted octanol–water partition coefficient (Wildman–Crippen LogP) is 10.2. The van der Waals surface area contributed by atoms with Crippen LogP contribution in [0.15, 0.2) is 47.4 Å². The molecule has 250 valence electrons. The van der Waals surface area contributed by atoms with Gasteiger partial charge < -0.3 is 9.47 Å². The van der Waals surface area contributed by atoms with Crippen molar-refractivity contribution in [3.8, 4) is 0 Å². The Balaban J connectivity index is 2.43. The minimum atomic E-state index is -4.57. The smallest absolute Gasteiger partial charge is 0.339 e. The molecule has 0 radical (unpaired) electrons. The first-order valence-corrected chi connectivity index (χ1v) is 18.5. The van der Waals surface area contributed by atoms with Gasteiger partial charge in [0.2, 0.25) is 0 Å². The number of carbonyl (C=O) groups excluding carboxylic acids is 2. The van der Waals surface area contributed by atoms with E-state index in [1.165, 1.54) is 96.0 Å². The maximum Gasteiger partial charge on any atom is 0.339 e. The summed E-state index contributed by atoms with van der Waals surface area (Å²) in [5, 5.41) is 0. The zero-order chi connectivity index (χ0) is 32.3. The molecule has 8 heteroatoms. The highest BCUT2D eigenvalue weighted by Crippen LogP contribution is 2.19. The number of esters is 2. The van der Waals surface area contributed by atoms with Crippen LogP contribution in [0, 0.1) is 0 Å². The van der Waals surface area contributed by atoms with Crippen LogP contribution in [0.4, 0.5) is 0 Å². The summed E-state index contributed by atoms with van der Waals surface area (Å²) in [5.74, 6) is -1.57. The molecule has 0 amide bonds. The van der Waals surface area contributed by atoms with Crippen molar-refractivity contribution in [2.45, 2.75) is 147 Å². The third kappa shape index (κ3) is 19.8. The average molecular weight is 635 g/mol. The SMILES string of the molecule is CCCCCCCCC/C=C/CCCOC(=O)c1ccc(S(=O)(=O)O)cc1C(=O)OCCC/C=C/CCCCCCCCC. The summed E-state index contributed by atoms with van der Waals surface area (Å²) in [6.45, 7) is 4.74. The van der Waals surface area contributed by atoms with Crippen LogP contribution in [-0.4, -0.2) is 38.1 Å². The molecule has 1 aromatic carbocycles. The van der Waals surface area contributed by atoms with Crippen molar-refractivity contribution in [1.29, 1.82) is 0 Å². The van der Waals surface area contributed by atoms with E-state index in [4.69, 9.17) is 9.47 Å². The molecule has 0 aromatic heterocycles. The van der Waals surface area contributed by atoms with Gasteiger partial charge in [-0.15, -0.1) is 0 Å². The maximum absolute atomic E-state index is 12.8.